The molecule has 1 saturated heterocycles. The molecule has 0 atom stereocenters. The van der Waals surface area contributed by atoms with Crippen molar-refractivity contribution < 1.29 is 4.79 Å². The van der Waals surface area contributed by atoms with E-state index in [1.54, 1.807) is 12.1 Å². The van der Waals surface area contributed by atoms with E-state index in [0.29, 0.717) is 11.5 Å². The van der Waals surface area contributed by atoms with Crippen LogP contribution in [0.25, 0.3) is 0 Å². The minimum atomic E-state index is -0.0703. The van der Waals surface area contributed by atoms with Gasteiger partial charge in [0.25, 0.3) is 5.91 Å². The Hall–Kier alpha value is -1.65. The Morgan fingerprint density at radius 1 is 1.44 bits per heavy atom. The Bertz CT molecular complexity index is 427. The first-order valence-corrected chi connectivity index (χ1v) is 6.44. The Labute approximate surface area is 108 Å². The summed E-state index contributed by atoms with van der Waals surface area (Å²) in [5.41, 5.74) is 0.352. The van der Waals surface area contributed by atoms with Gasteiger partial charge in [0, 0.05) is 18.6 Å². The molecule has 1 fully saturated rings. The predicted molar refractivity (Wildman–Crippen MR) is 70.5 cm³/mol. The Morgan fingerprint density at radius 2 is 2.22 bits per heavy atom. The van der Waals surface area contributed by atoms with Crippen LogP contribution in [0.5, 0.6) is 0 Å². The molecule has 0 spiro atoms. The number of aromatic nitrogens is 2. The van der Waals surface area contributed by atoms with Gasteiger partial charge in [-0.2, -0.15) is 0 Å². The SMILES string of the molecule is CCNc1ccc(C(=O)N2CCCC2(C)C)nn1. The van der Waals surface area contributed by atoms with Crippen molar-refractivity contribution in [2.24, 2.45) is 0 Å². The van der Waals surface area contributed by atoms with Crippen molar-refractivity contribution in [2.45, 2.75) is 39.2 Å². The van der Waals surface area contributed by atoms with Gasteiger partial charge < -0.3 is 10.2 Å². The van der Waals surface area contributed by atoms with E-state index in [1.165, 1.54) is 0 Å². The fraction of sp³-hybridized carbons (Fsp3) is 0.615. The Kier molecular flexibility index (Phi) is 3.50. The van der Waals surface area contributed by atoms with E-state index >= 15 is 0 Å². The number of amides is 1. The summed E-state index contributed by atoms with van der Waals surface area (Å²) >= 11 is 0. The minimum absolute atomic E-state index is 0.0203. The van der Waals surface area contributed by atoms with Crippen molar-refractivity contribution in [1.29, 1.82) is 0 Å². The molecule has 98 valence electrons. The molecule has 0 unspecified atom stereocenters. The van der Waals surface area contributed by atoms with Crippen LogP contribution >= 0.6 is 0 Å². The number of likely N-dealkylation sites (tertiary alicyclic amines) is 1. The highest BCUT2D eigenvalue weighted by Crippen LogP contribution is 2.29. The standard InChI is InChI=1S/C13H20N4O/c1-4-14-11-7-6-10(15-16-11)12(18)17-9-5-8-13(17,2)3/h6-7H,4-5,8-9H2,1-3H3,(H,14,16). The second kappa shape index (κ2) is 4.92. The molecule has 1 aliphatic heterocycles. The van der Waals surface area contributed by atoms with Gasteiger partial charge in [0.1, 0.15) is 5.82 Å². The van der Waals surface area contributed by atoms with Crippen LogP contribution in [-0.2, 0) is 0 Å². The monoisotopic (exact) mass is 248 g/mol. The number of rotatable bonds is 3. The van der Waals surface area contributed by atoms with Crippen LogP contribution in [0.1, 0.15) is 44.1 Å². The third-order valence-corrected chi connectivity index (χ3v) is 3.39. The molecule has 0 aromatic carbocycles. The summed E-state index contributed by atoms with van der Waals surface area (Å²) in [7, 11) is 0. The first-order chi connectivity index (χ1) is 8.54. The van der Waals surface area contributed by atoms with Crippen LogP contribution < -0.4 is 5.32 Å². The zero-order valence-electron chi connectivity index (χ0n) is 11.2. The van der Waals surface area contributed by atoms with Crippen molar-refractivity contribution in [3.05, 3.63) is 17.8 Å². The smallest absolute Gasteiger partial charge is 0.274 e. The summed E-state index contributed by atoms with van der Waals surface area (Å²) in [5.74, 6) is 0.683. The zero-order valence-corrected chi connectivity index (χ0v) is 11.2. The van der Waals surface area contributed by atoms with Crippen molar-refractivity contribution in [3.8, 4) is 0 Å². The summed E-state index contributed by atoms with van der Waals surface area (Å²) in [6.07, 6.45) is 2.10. The highest BCUT2D eigenvalue weighted by Gasteiger charge is 2.36. The Morgan fingerprint density at radius 3 is 2.72 bits per heavy atom. The number of nitrogens with zero attached hydrogens (tertiary/aromatic N) is 3. The van der Waals surface area contributed by atoms with Crippen LogP contribution in [0.3, 0.4) is 0 Å². The minimum Gasteiger partial charge on any atom is -0.369 e. The van der Waals surface area contributed by atoms with Gasteiger partial charge in [-0.25, -0.2) is 0 Å². The van der Waals surface area contributed by atoms with Crippen molar-refractivity contribution in [2.75, 3.05) is 18.4 Å². The number of anilines is 1. The van der Waals surface area contributed by atoms with Gasteiger partial charge in [-0.15, -0.1) is 10.2 Å². The van der Waals surface area contributed by atoms with Crippen molar-refractivity contribution in [3.63, 3.8) is 0 Å². The molecule has 1 aliphatic rings. The fourth-order valence-electron chi connectivity index (χ4n) is 2.34. The molecule has 0 aliphatic carbocycles. The highest BCUT2D eigenvalue weighted by molar-refractivity contribution is 5.93. The normalized spacial score (nSPS) is 17.8. The molecule has 18 heavy (non-hydrogen) atoms. The summed E-state index contributed by atoms with van der Waals surface area (Å²) < 4.78 is 0. The van der Waals surface area contributed by atoms with Gasteiger partial charge >= 0.3 is 0 Å². The summed E-state index contributed by atoms with van der Waals surface area (Å²) in [6, 6.07) is 3.54. The molecule has 0 saturated carbocycles. The third-order valence-electron chi connectivity index (χ3n) is 3.39. The lowest BCUT2D eigenvalue weighted by Crippen LogP contribution is -2.43. The van der Waals surface area contributed by atoms with E-state index in [0.717, 1.165) is 25.9 Å². The van der Waals surface area contributed by atoms with E-state index in [2.05, 4.69) is 29.4 Å². The van der Waals surface area contributed by atoms with Crippen LogP contribution in [-0.4, -0.2) is 39.6 Å². The molecule has 1 amide bonds. The summed E-state index contributed by atoms with van der Waals surface area (Å²) in [5, 5.41) is 11.1. The lowest BCUT2D eigenvalue weighted by atomic mass is 10.0. The molecule has 2 heterocycles. The van der Waals surface area contributed by atoms with E-state index in [4.69, 9.17) is 0 Å². The van der Waals surface area contributed by atoms with E-state index in [9.17, 15) is 4.79 Å². The van der Waals surface area contributed by atoms with Gasteiger partial charge in [0.2, 0.25) is 0 Å². The number of carbonyl (C=O) groups excluding carboxylic acids is 1. The largest absolute Gasteiger partial charge is 0.369 e. The van der Waals surface area contributed by atoms with Gasteiger partial charge in [0.15, 0.2) is 5.69 Å². The predicted octanol–water partition coefficient (Wildman–Crippen LogP) is 1.92. The topological polar surface area (TPSA) is 58.1 Å². The van der Waals surface area contributed by atoms with Crippen LogP contribution in [0.15, 0.2) is 12.1 Å². The second-order valence-electron chi connectivity index (χ2n) is 5.21. The molecule has 1 aromatic rings. The molecular formula is C13H20N4O. The van der Waals surface area contributed by atoms with E-state index in [-0.39, 0.29) is 11.4 Å². The van der Waals surface area contributed by atoms with E-state index in [1.807, 2.05) is 11.8 Å². The first kappa shape index (κ1) is 12.8. The fourth-order valence-corrected chi connectivity index (χ4v) is 2.34. The molecular weight excluding hydrogens is 228 g/mol. The van der Waals surface area contributed by atoms with Gasteiger partial charge in [-0.3, -0.25) is 4.79 Å². The molecule has 0 bridgehead atoms. The lowest BCUT2D eigenvalue weighted by molar-refractivity contribution is 0.0644. The van der Waals surface area contributed by atoms with Crippen LogP contribution in [0, 0.1) is 0 Å². The number of nitrogens with one attached hydrogen (secondary N) is 1. The maximum absolute atomic E-state index is 12.3. The highest BCUT2D eigenvalue weighted by atomic mass is 16.2. The average Bonchev–Trinajstić information content (AvgIpc) is 2.69. The number of carbonyl (C=O) groups is 1. The van der Waals surface area contributed by atoms with Crippen LogP contribution in [0.4, 0.5) is 5.82 Å². The molecule has 1 aromatic heterocycles. The lowest BCUT2D eigenvalue weighted by Gasteiger charge is -2.31. The molecule has 2 rings (SSSR count). The average molecular weight is 248 g/mol. The number of hydrogen-bond acceptors (Lipinski definition) is 4. The van der Waals surface area contributed by atoms with E-state index < -0.39 is 0 Å². The molecule has 5 nitrogen and oxygen atoms in total. The van der Waals surface area contributed by atoms with Gasteiger partial charge in [-0.05, 0) is 45.7 Å². The maximum atomic E-state index is 12.3. The number of hydrogen-bond donors (Lipinski definition) is 1. The van der Waals surface area contributed by atoms with Gasteiger partial charge in [-0.1, -0.05) is 0 Å². The third kappa shape index (κ3) is 2.44. The second-order valence-corrected chi connectivity index (χ2v) is 5.21. The van der Waals surface area contributed by atoms with Crippen molar-refractivity contribution in [1.82, 2.24) is 15.1 Å². The summed E-state index contributed by atoms with van der Waals surface area (Å²) in [4.78, 5) is 14.2. The molecule has 5 heteroatoms. The van der Waals surface area contributed by atoms with Gasteiger partial charge in [0.05, 0.1) is 0 Å². The zero-order chi connectivity index (χ0) is 13.2. The Balaban J connectivity index is 2.14. The molecule has 0 radical (unpaired) electrons. The van der Waals surface area contributed by atoms with Crippen molar-refractivity contribution >= 4 is 11.7 Å². The quantitative estimate of drug-likeness (QED) is 0.888. The van der Waals surface area contributed by atoms with Crippen LogP contribution in [0.2, 0.25) is 0 Å². The first-order valence-electron chi connectivity index (χ1n) is 6.44. The molecule has 1 N–H and O–H groups in total. The maximum Gasteiger partial charge on any atom is 0.274 e. The summed E-state index contributed by atoms with van der Waals surface area (Å²) in [6.45, 7) is 7.79.